The maximum Gasteiger partial charge on any atom is 0.320 e. The first kappa shape index (κ1) is 19.7. The molecular weight excluding hydrogens is 392 g/mol. The number of pyridine rings is 1. The van der Waals surface area contributed by atoms with Crippen molar-refractivity contribution < 1.29 is 9.59 Å². The van der Waals surface area contributed by atoms with Gasteiger partial charge in [0.15, 0.2) is 0 Å². The fourth-order valence-electron chi connectivity index (χ4n) is 4.07. The van der Waals surface area contributed by atoms with Crippen molar-refractivity contribution in [2.45, 2.75) is 45.7 Å². The van der Waals surface area contributed by atoms with Crippen molar-refractivity contribution in [1.82, 2.24) is 25.0 Å². The van der Waals surface area contributed by atoms with E-state index >= 15 is 0 Å². The Labute approximate surface area is 174 Å². The van der Waals surface area contributed by atoms with Crippen LogP contribution in [0.2, 0.25) is 5.02 Å². The van der Waals surface area contributed by atoms with Crippen molar-refractivity contribution in [3.05, 3.63) is 29.2 Å². The minimum atomic E-state index is -0.309. The number of rotatable bonds is 4. The average Bonchev–Trinajstić information content (AvgIpc) is 3.19. The summed E-state index contributed by atoms with van der Waals surface area (Å²) in [4.78, 5) is 29.1. The zero-order valence-corrected chi connectivity index (χ0v) is 17.4. The highest BCUT2D eigenvalue weighted by Gasteiger charge is 2.32. The van der Waals surface area contributed by atoms with Crippen LogP contribution in [0.15, 0.2) is 18.5 Å². The molecule has 2 aliphatic heterocycles. The van der Waals surface area contributed by atoms with Gasteiger partial charge in [-0.25, -0.2) is 9.78 Å². The highest BCUT2D eigenvalue weighted by atomic mass is 35.5. The number of anilines is 1. The summed E-state index contributed by atoms with van der Waals surface area (Å²) < 4.78 is 2.03. The van der Waals surface area contributed by atoms with Gasteiger partial charge in [0.2, 0.25) is 6.41 Å². The van der Waals surface area contributed by atoms with Gasteiger partial charge in [-0.1, -0.05) is 25.4 Å². The Morgan fingerprint density at radius 1 is 1.28 bits per heavy atom. The Balaban J connectivity index is 1.46. The molecule has 0 aliphatic carbocycles. The number of carbonyl (C=O) groups excluding carboxylic acids is 2. The Hall–Kier alpha value is -2.61. The lowest BCUT2D eigenvalue weighted by Crippen LogP contribution is -2.45. The molecular formula is C20H25ClN6O2. The first-order valence-corrected chi connectivity index (χ1v) is 10.2. The Morgan fingerprint density at radius 2 is 2.03 bits per heavy atom. The summed E-state index contributed by atoms with van der Waals surface area (Å²) in [6, 6.07) is 1.52. The monoisotopic (exact) mass is 416 g/mol. The average molecular weight is 417 g/mol. The minimum Gasteiger partial charge on any atom is -0.345 e. The number of fused-ring (bicyclic) bond motifs is 1. The van der Waals surface area contributed by atoms with Crippen molar-refractivity contribution >= 4 is 29.9 Å². The molecule has 0 aromatic carbocycles. The molecule has 0 atom stereocenters. The standard InChI is InChI=1S/C20H25ClN6O2/c1-20(2)8-17-15(9-23-27(17)11-20)14-7-18(22-10-16(14)21)25-19(29)24-13-3-5-26(12-28)6-4-13/h7,9-10,12-13H,3-6,8,11H2,1-2H3,(H2,22,24,25,29). The maximum absolute atomic E-state index is 12.4. The van der Waals surface area contributed by atoms with Gasteiger partial charge in [-0.3, -0.25) is 14.8 Å². The van der Waals surface area contributed by atoms with E-state index in [0.717, 1.165) is 49.0 Å². The van der Waals surface area contributed by atoms with Crippen molar-refractivity contribution in [3.63, 3.8) is 0 Å². The number of halogens is 1. The summed E-state index contributed by atoms with van der Waals surface area (Å²) in [7, 11) is 0. The lowest BCUT2D eigenvalue weighted by atomic mass is 9.89. The zero-order valence-electron chi connectivity index (χ0n) is 16.6. The van der Waals surface area contributed by atoms with E-state index in [1.54, 1.807) is 17.2 Å². The number of aromatic nitrogens is 3. The topological polar surface area (TPSA) is 92.2 Å². The second-order valence-electron chi connectivity index (χ2n) is 8.57. The third kappa shape index (κ3) is 4.22. The van der Waals surface area contributed by atoms with Crippen molar-refractivity contribution in [1.29, 1.82) is 0 Å². The molecule has 0 saturated carbocycles. The second-order valence-corrected chi connectivity index (χ2v) is 8.97. The van der Waals surface area contributed by atoms with Crippen LogP contribution in [0.25, 0.3) is 11.1 Å². The van der Waals surface area contributed by atoms with E-state index < -0.39 is 0 Å². The number of carbonyl (C=O) groups is 2. The second kappa shape index (κ2) is 7.67. The molecule has 3 amide bonds. The van der Waals surface area contributed by atoms with Gasteiger partial charge in [0.05, 0.1) is 11.2 Å². The molecule has 0 radical (unpaired) electrons. The zero-order chi connectivity index (χ0) is 20.6. The summed E-state index contributed by atoms with van der Waals surface area (Å²) >= 11 is 6.42. The van der Waals surface area contributed by atoms with E-state index in [1.807, 2.05) is 10.9 Å². The van der Waals surface area contributed by atoms with Gasteiger partial charge in [0.1, 0.15) is 5.82 Å². The van der Waals surface area contributed by atoms with Crippen LogP contribution in [-0.2, 0) is 17.8 Å². The van der Waals surface area contributed by atoms with E-state index in [9.17, 15) is 9.59 Å². The molecule has 2 aliphatic rings. The quantitative estimate of drug-likeness (QED) is 0.749. The lowest BCUT2D eigenvalue weighted by Gasteiger charge is -2.29. The van der Waals surface area contributed by atoms with Crippen molar-refractivity contribution in [2.75, 3.05) is 18.4 Å². The third-order valence-corrected chi connectivity index (χ3v) is 5.87. The Bertz CT molecular complexity index is 933. The molecule has 1 saturated heterocycles. The van der Waals surface area contributed by atoms with Gasteiger partial charge in [-0.2, -0.15) is 5.10 Å². The van der Waals surface area contributed by atoms with Crippen molar-refractivity contribution in [3.8, 4) is 11.1 Å². The van der Waals surface area contributed by atoms with Gasteiger partial charge in [-0.05, 0) is 30.7 Å². The molecule has 0 unspecified atom stereocenters. The maximum atomic E-state index is 12.4. The smallest absolute Gasteiger partial charge is 0.320 e. The first-order valence-electron chi connectivity index (χ1n) is 9.82. The van der Waals surface area contributed by atoms with Crippen LogP contribution in [0.3, 0.4) is 0 Å². The highest BCUT2D eigenvalue weighted by Crippen LogP contribution is 2.39. The molecule has 1 fully saturated rings. The van der Waals surface area contributed by atoms with Gasteiger partial charge >= 0.3 is 6.03 Å². The minimum absolute atomic E-state index is 0.0409. The summed E-state index contributed by atoms with van der Waals surface area (Å²) in [6.45, 7) is 6.62. The number of nitrogens with zero attached hydrogens (tertiary/aromatic N) is 4. The molecule has 4 rings (SSSR count). The van der Waals surface area contributed by atoms with E-state index in [4.69, 9.17) is 11.6 Å². The van der Waals surface area contributed by atoms with Crippen LogP contribution in [0.4, 0.5) is 10.6 Å². The number of likely N-dealkylation sites (tertiary alicyclic amines) is 1. The molecule has 0 spiro atoms. The fourth-order valence-corrected chi connectivity index (χ4v) is 4.28. The summed E-state index contributed by atoms with van der Waals surface area (Å²) in [5.41, 5.74) is 3.11. The van der Waals surface area contributed by atoms with Crippen LogP contribution in [0.1, 0.15) is 32.4 Å². The molecule has 0 bridgehead atoms. The number of hydrogen-bond donors (Lipinski definition) is 2. The summed E-state index contributed by atoms with van der Waals surface area (Å²) in [5, 5.41) is 10.8. The van der Waals surface area contributed by atoms with Crippen LogP contribution in [0, 0.1) is 5.41 Å². The van der Waals surface area contributed by atoms with E-state index in [2.05, 4.69) is 34.6 Å². The molecule has 154 valence electrons. The predicted molar refractivity (Wildman–Crippen MR) is 111 cm³/mol. The SMILES string of the molecule is CC1(C)Cc2c(-c3cc(NC(=O)NC4CCN(C=O)CC4)ncc3Cl)cnn2C1. The normalized spacial score (nSPS) is 18.4. The van der Waals surface area contributed by atoms with Crippen molar-refractivity contribution in [2.24, 2.45) is 5.41 Å². The Morgan fingerprint density at radius 3 is 2.76 bits per heavy atom. The molecule has 9 heteroatoms. The molecule has 2 N–H and O–H groups in total. The number of amides is 3. The molecule has 4 heterocycles. The molecule has 2 aromatic rings. The number of hydrogen-bond acceptors (Lipinski definition) is 4. The van der Waals surface area contributed by atoms with Crippen LogP contribution >= 0.6 is 11.6 Å². The first-order chi connectivity index (χ1) is 13.8. The van der Waals surface area contributed by atoms with E-state index in [0.29, 0.717) is 23.9 Å². The summed E-state index contributed by atoms with van der Waals surface area (Å²) in [6.07, 6.45) is 6.64. The molecule has 8 nitrogen and oxygen atoms in total. The number of urea groups is 1. The summed E-state index contributed by atoms with van der Waals surface area (Å²) in [5.74, 6) is 0.435. The number of nitrogens with one attached hydrogen (secondary N) is 2. The van der Waals surface area contributed by atoms with E-state index in [1.165, 1.54) is 0 Å². The molecule has 29 heavy (non-hydrogen) atoms. The van der Waals surface area contributed by atoms with E-state index in [-0.39, 0.29) is 17.5 Å². The highest BCUT2D eigenvalue weighted by molar-refractivity contribution is 6.33. The van der Waals surface area contributed by atoms with Crippen LogP contribution in [0.5, 0.6) is 0 Å². The third-order valence-electron chi connectivity index (χ3n) is 5.57. The van der Waals surface area contributed by atoms with Gasteiger partial charge < -0.3 is 10.2 Å². The number of piperidine rings is 1. The van der Waals surface area contributed by atoms with Gasteiger partial charge in [0.25, 0.3) is 0 Å². The largest absolute Gasteiger partial charge is 0.345 e. The molecule has 2 aromatic heterocycles. The predicted octanol–water partition coefficient (Wildman–Crippen LogP) is 2.92. The lowest BCUT2D eigenvalue weighted by molar-refractivity contribution is -0.119. The Kier molecular flexibility index (Phi) is 5.21. The van der Waals surface area contributed by atoms with Gasteiger partial charge in [-0.15, -0.1) is 0 Å². The van der Waals surface area contributed by atoms with Gasteiger partial charge in [0, 0.05) is 48.7 Å². The van der Waals surface area contributed by atoms with Crippen LogP contribution < -0.4 is 10.6 Å². The fraction of sp³-hybridized carbons (Fsp3) is 0.500. The van der Waals surface area contributed by atoms with Crippen LogP contribution in [-0.4, -0.2) is 51.2 Å².